The van der Waals surface area contributed by atoms with Crippen molar-refractivity contribution in [1.82, 2.24) is 5.32 Å². The lowest BCUT2D eigenvalue weighted by Crippen LogP contribution is -2.22. The molecule has 2 aromatic rings. The van der Waals surface area contributed by atoms with E-state index in [1.165, 1.54) is 11.3 Å². The first-order valence-electron chi connectivity index (χ1n) is 6.49. The molecule has 20 heavy (non-hydrogen) atoms. The Kier molecular flexibility index (Phi) is 3.92. The Morgan fingerprint density at radius 2 is 2.15 bits per heavy atom. The van der Waals surface area contributed by atoms with Crippen molar-refractivity contribution in [2.75, 3.05) is 6.54 Å². The minimum Gasteiger partial charge on any atom is -0.383 e. The van der Waals surface area contributed by atoms with Gasteiger partial charge in [0.15, 0.2) is 0 Å². The maximum atomic E-state index is 12.0. The molecule has 1 aromatic heterocycles. The van der Waals surface area contributed by atoms with E-state index in [1.807, 2.05) is 30.3 Å². The number of fused-ring (bicyclic) bond motifs is 1. The van der Waals surface area contributed by atoms with Crippen molar-refractivity contribution in [3.63, 3.8) is 0 Å². The lowest BCUT2D eigenvalue weighted by Gasteiger charge is -2.12. The number of carbonyl (C=O) groups is 1. The van der Waals surface area contributed by atoms with Crippen LogP contribution in [-0.2, 0) is 6.42 Å². The zero-order valence-corrected chi connectivity index (χ0v) is 13.1. The normalized spacial score (nSPS) is 16.2. The van der Waals surface area contributed by atoms with E-state index >= 15 is 0 Å². The second kappa shape index (κ2) is 5.68. The monoisotopic (exact) mass is 351 g/mol. The smallest absolute Gasteiger partial charge is 0.251 e. The molecular weight excluding hydrogens is 338 g/mol. The number of hydrogen-bond acceptors (Lipinski definition) is 3. The topological polar surface area (TPSA) is 49.3 Å². The van der Waals surface area contributed by atoms with Gasteiger partial charge in [-0.2, -0.15) is 0 Å². The van der Waals surface area contributed by atoms with E-state index in [9.17, 15) is 9.90 Å². The number of hydrogen-bond donors (Lipinski definition) is 2. The highest BCUT2D eigenvalue weighted by Crippen LogP contribution is 2.32. The predicted molar refractivity (Wildman–Crippen MR) is 83.2 cm³/mol. The van der Waals surface area contributed by atoms with Crippen LogP contribution >= 0.6 is 27.3 Å². The fraction of sp³-hybridized carbons (Fsp3) is 0.267. The number of benzene rings is 1. The summed E-state index contributed by atoms with van der Waals surface area (Å²) in [6.07, 6.45) is 1.17. The molecule has 3 nitrogen and oxygen atoms in total. The molecule has 0 radical (unpaired) electrons. The predicted octanol–water partition coefficient (Wildman–Crippen LogP) is 3.27. The highest BCUT2D eigenvalue weighted by atomic mass is 79.9. The van der Waals surface area contributed by atoms with Crippen molar-refractivity contribution in [3.05, 3.63) is 55.7 Å². The zero-order chi connectivity index (χ0) is 14.1. The van der Waals surface area contributed by atoms with E-state index in [0.29, 0.717) is 12.1 Å². The Balaban J connectivity index is 1.97. The van der Waals surface area contributed by atoms with Crippen LogP contribution in [0.25, 0.3) is 0 Å². The van der Waals surface area contributed by atoms with Crippen molar-refractivity contribution in [3.8, 4) is 0 Å². The molecular formula is C15H14BrNO2S. The fourth-order valence-electron chi connectivity index (χ4n) is 2.41. The first kappa shape index (κ1) is 13.8. The molecule has 1 aliphatic heterocycles. The largest absolute Gasteiger partial charge is 0.383 e. The number of nitrogens with one attached hydrogen (secondary N) is 1. The van der Waals surface area contributed by atoms with Gasteiger partial charge in [-0.25, -0.2) is 0 Å². The van der Waals surface area contributed by atoms with Gasteiger partial charge in [-0.05, 0) is 58.1 Å². The lowest BCUT2D eigenvalue weighted by molar-refractivity contribution is 0.0956. The van der Waals surface area contributed by atoms with Crippen LogP contribution < -0.4 is 5.32 Å². The van der Waals surface area contributed by atoms with Crippen LogP contribution in [-0.4, -0.2) is 17.6 Å². The van der Waals surface area contributed by atoms with Crippen molar-refractivity contribution in [1.29, 1.82) is 0 Å². The van der Waals surface area contributed by atoms with Crippen molar-refractivity contribution in [2.24, 2.45) is 0 Å². The lowest BCUT2D eigenvalue weighted by atomic mass is 9.98. The first-order chi connectivity index (χ1) is 9.65. The van der Waals surface area contributed by atoms with Gasteiger partial charge >= 0.3 is 0 Å². The van der Waals surface area contributed by atoms with E-state index < -0.39 is 6.10 Å². The second-order valence-corrected chi connectivity index (χ2v) is 7.32. The van der Waals surface area contributed by atoms with E-state index in [-0.39, 0.29) is 5.91 Å². The Hall–Kier alpha value is -1.17. The maximum absolute atomic E-state index is 12.0. The molecule has 0 saturated carbocycles. The maximum Gasteiger partial charge on any atom is 0.251 e. The van der Waals surface area contributed by atoms with Gasteiger partial charge < -0.3 is 10.4 Å². The number of thiophene rings is 1. The van der Waals surface area contributed by atoms with E-state index in [2.05, 4.69) is 21.2 Å². The molecule has 1 amide bonds. The van der Waals surface area contributed by atoms with Crippen molar-refractivity contribution in [2.45, 2.75) is 18.9 Å². The Labute approximate surface area is 129 Å². The summed E-state index contributed by atoms with van der Waals surface area (Å²) in [4.78, 5) is 12.9. The molecule has 0 bridgehead atoms. The van der Waals surface area contributed by atoms with Gasteiger partial charge in [-0.15, -0.1) is 11.3 Å². The van der Waals surface area contributed by atoms with Crippen LogP contribution in [0.4, 0.5) is 0 Å². The van der Waals surface area contributed by atoms with Crippen LogP contribution in [0.3, 0.4) is 0 Å². The molecule has 1 aromatic carbocycles. The minimum absolute atomic E-state index is 0.0427. The molecule has 5 heteroatoms. The highest BCUT2D eigenvalue weighted by Gasteiger charge is 2.19. The van der Waals surface area contributed by atoms with Gasteiger partial charge in [0.1, 0.15) is 6.10 Å². The van der Waals surface area contributed by atoms with E-state index in [0.717, 1.165) is 32.6 Å². The Morgan fingerprint density at radius 1 is 1.30 bits per heavy atom. The summed E-state index contributed by atoms with van der Waals surface area (Å²) in [6, 6.07) is 9.50. The summed E-state index contributed by atoms with van der Waals surface area (Å²) >= 11 is 4.90. The molecule has 2 heterocycles. The Morgan fingerprint density at radius 3 is 2.90 bits per heavy atom. The summed E-state index contributed by atoms with van der Waals surface area (Å²) in [7, 11) is 0. The summed E-state index contributed by atoms with van der Waals surface area (Å²) < 4.78 is 0.985. The van der Waals surface area contributed by atoms with Gasteiger partial charge in [0.05, 0.1) is 3.79 Å². The van der Waals surface area contributed by atoms with Crippen LogP contribution in [0.5, 0.6) is 0 Å². The first-order valence-corrected chi connectivity index (χ1v) is 8.10. The van der Waals surface area contributed by atoms with Crippen LogP contribution in [0.15, 0.2) is 34.1 Å². The van der Waals surface area contributed by atoms with Crippen molar-refractivity contribution < 1.29 is 9.90 Å². The number of aryl methyl sites for hydroxylation is 1. The molecule has 1 unspecified atom stereocenters. The fourth-order valence-corrected chi connectivity index (χ4v) is 3.85. The molecule has 3 rings (SSSR count). The molecule has 0 spiro atoms. The molecule has 1 aliphatic rings. The zero-order valence-electron chi connectivity index (χ0n) is 10.7. The number of aliphatic hydroxyl groups excluding tert-OH is 1. The molecule has 0 fully saturated rings. The van der Waals surface area contributed by atoms with Gasteiger partial charge in [-0.1, -0.05) is 12.1 Å². The highest BCUT2D eigenvalue weighted by molar-refractivity contribution is 9.11. The molecule has 104 valence electrons. The number of rotatable bonds is 2. The Bertz CT molecular complexity index is 653. The van der Waals surface area contributed by atoms with Gasteiger partial charge in [0, 0.05) is 17.0 Å². The van der Waals surface area contributed by atoms with Gasteiger partial charge in [-0.3, -0.25) is 4.79 Å². The average molecular weight is 352 g/mol. The summed E-state index contributed by atoms with van der Waals surface area (Å²) in [5, 5.41) is 13.3. The summed E-state index contributed by atoms with van der Waals surface area (Å²) in [6.45, 7) is 0.712. The third-order valence-corrected chi connectivity index (χ3v) is 5.14. The van der Waals surface area contributed by atoms with Crippen molar-refractivity contribution >= 4 is 33.2 Å². The van der Waals surface area contributed by atoms with Crippen LogP contribution in [0.2, 0.25) is 0 Å². The van der Waals surface area contributed by atoms with Gasteiger partial charge in [0.2, 0.25) is 0 Å². The standard InChI is InChI=1S/C15H14BrNO2S/c16-13-6-5-12(20-13)14(18)10-4-3-9-2-1-7-17-15(19)11(9)8-10/h3-6,8,14,18H,1-2,7H2,(H,17,19). The molecule has 0 saturated heterocycles. The van der Waals surface area contributed by atoms with E-state index in [1.54, 1.807) is 0 Å². The minimum atomic E-state index is -0.687. The molecule has 1 atom stereocenters. The molecule has 0 aliphatic carbocycles. The van der Waals surface area contributed by atoms with Crippen LogP contribution in [0, 0.1) is 0 Å². The number of amides is 1. The number of carbonyl (C=O) groups excluding carboxylic acids is 1. The molecule has 2 N–H and O–H groups in total. The van der Waals surface area contributed by atoms with Crippen LogP contribution in [0.1, 0.15) is 38.9 Å². The number of aliphatic hydroxyl groups is 1. The number of halogens is 1. The second-order valence-electron chi connectivity index (χ2n) is 4.82. The average Bonchev–Trinajstić information content (AvgIpc) is 2.80. The third kappa shape index (κ3) is 2.66. The quantitative estimate of drug-likeness (QED) is 0.872. The SMILES string of the molecule is O=C1NCCCc2ccc(C(O)c3ccc(Br)s3)cc21. The summed E-state index contributed by atoms with van der Waals surface area (Å²) in [5.74, 6) is -0.0427. The van der Waals surface area contributed by atoms with E-state index in [4.69, 9.17) is 0 Å². The van der Waals surface area contributed by atoms with Gasteiger partial charge in [0.25, 0.3) is 5.91 Å². The summed E-state index contributed by atoms with van der Waals surface area (Å²) in [5.41, 5.74) is 2.51. The third-order valence-electron chi connectivity index (χ3n) is 3.47.